The largest absolute Gasteiger partial charge is 0.387 e. The topological polar surface area (TPSA) is 131 Å². The van der Waals surface area contributed by atoms with E-state index in [4.69, 9.17) is 0 Å². The number of nitrogens with one attached hydrogen (secondary N) is 2. The van der Waals surface area contributed by atoms with Crippen LogP contribution >= 0.6 is 0 Å². The molecule has 0 radical (unpaired) electrons. The number of hydrogen-bond donors (Lipinski definition) is 4. The molecule has 4 unspecified atom stereocenters. The SMILES string of the molecule is CC[C@@H]1CN2CC[C@@H]1C[C@@H]2C(O)c1ccnc2c(NC(=O)CCCCCCC(=O)Nc3cccc4c(C(O)[C@@H]5C[C@@H]6CCN5C[C@@H]6CC)ccnc34)cccc12. The smallest absolute Gasteiger partial charge is 0.224 e. The fraction of sp³-hybridized carbons (Fsp3) is 0.565. The van der Waals surface area contributed by atoms with Crippen molar-refractivity contribution < 1.29 is 19.8 Å². The second kappa shape index (κ2) is 17.3. The van der Waals surface area contributed by atoms with Gasteiger partial charge in [-0.15, -0.1) is 0 Å². The third kappa shape index (κ3) is 7.95. The highest BCUT2D eigenvalue weighted by molar-refractivity contribution is 6.02. The third-order valence-corrected chi connectivity index (χ3v) is 14.0. The zero-order chi connectivity index (χ0) is 38.8. The van der Waals surface area contributed by atoms with Crippen molar-refractivity contribution in [2.24, 2.45) is 23.7 Å². The first-order chi connectivity index (χ1) is 27.3. The van der Waals surface area contributed by atoms with Gasteiger partial charge >= 0.3 is 0 Å². The standard InChI is InChI=1S/C46H60N6O4/c1-3-29-27-51-23-19-31(29)25-39(51)45(55)35-17-21-47-43-33(35)11-9-13-37(43)49-41(53)15-7-5-6-8-16-42(54)50-38-14-10-12-34-36(18-22-48-44(34)38)46(56)40-26-32-20-24-52(40)28-30(32)4-2/h9-14,17-18,21-22,29-32,39-40,45-46,55-56H,3-8,15-16,19-20,23-28H2,1-2H3,(H,49,53)(H,50,54)/t29-,30+,31-,32+,39-,40+,45?,46?. The molecule has 2 aromatic carbocycles. The number of amides is 2. The fourth-order valence-electron chi connectivity index (χ4n) is 10.8. The quantitative estimate of drug-likeness (QED) is 0.0898. The maximum Gasteiger partial charge on any atom is 0.224 e. The van der Waals surface area contributed by atoms with Gasteiger partial charge in [-0.05, 0) is 111 Å². The number of benzene rings is 2. The first-order valence-electron chi connectivity index (χ1n) is 21.5. The minimum Gasteiger partial charge on any atom is -0.387 e. The van der Waals surface area contributed by atoms with Crippen LogP contribution in [0.1, 0.15) is 114 Å². The van der Waals surface area contributed by atoms with Crippen molar-refractivity contribution in [2.45, 2.75) is 115 Å². The van der Waals surface area contributed by atoms with Gasteiger partial charge in [-0.2, -0.15) is 0 Å². The summed E-state index contributed by atoms with van der Waals surface area (Å²) in [5.74, 6) is 2.70. The minimum absolute atomic E-state index is 0.0596. The van der Waals surface area contributed by atoms with Crippen LogP contribution in [0.5, 0.6) is 0 Å². The fourth-order valence-corrected chi connectivity index (χ4v) is 10.8. The van der Waals surface area contributed by atoms with Gasteiger partial charge in [-0.25, -0.2) is 0 Å². The van der Waals surface area contributed by atoms with Crippen LogP contribution in [-0.4, -0.2) is 80.1 Å². The van der Waals surface area contributed by atoms with Crippen LogP contribution in [0.2, 0.25) is 0 Å². The molecular weight excluding hydrogens is 701 g/mol. The Kier molecular flexibility index (Phi) is 12.0. The Morgan fingerprint density at radius 2 is 1.12 bits per heavy atom. The molecule has 2 aromatic heterocycles. The Morgan fingerprint density at radius 3 is 1.52 bits per heavy atom. The molecule has 0 saturated carbocycles. The molecule has 8 heterocycles. The minimum atomic E-state index is -0.599. The van der Waals surface area contributed by atoms with Crippen molar-refractivity contribution in [3.63, 3.8) is 0 Å². The van der Waals surface area contributed by atoms with Crippen molar-refractivity contribution in [3.8, 4) is 0 Å². The third-order valence-electron chi connectivity index (χ3n) is 14.0. The molecule has 10 rings (SSSR count). The monoisotopic (exact) mass is 760 g/mol. The van der Waals surface area contributed by atoms with E-state index in [9.17, 15) is 19.8 Å². The predicted molar refractivity (Wildman–Crippen MR) is 222 cm³/mol. The lowest BCUT2D eigenvalue weighted by molar-refractivity contribution is -0.117. The lowest BCUT2D eigenvalue weighted by Crippen LogP contribution is -2.55. The highest BCUT2D eigenvalue weighted by Gasteiger charge is 2.44. The number of carbonyl (C=O) groups excluding carboxylic acids is 2. The highest BCUT2D eigenvalue weighted by atomic mass is 16.3. The van der Waals surface area contributed by atoms with Crippen LogP contribution in [0, 0.1) is 23.7 Å². The Hall–Kier alpha value is -3.96. The molecule has 6 aliphatic rings. The molecule has 6 saturated heterocycles. The molecule has 4 bridgehead atoms. The van der Waals surface area contributed by atoms with E-state index in [2.05, 4.69) is 44.2 Å². The van der Waals surface area contributed by atoms with Crippen LogP contribution < -0.4 is 10.6 Å². The molecule has 4 aromatic rings. The molecule has 6 fully saturated rings. The Balaban J connectivity index is 0.800. The average molecular weight is 761 g/mol. The zero-order valence-corrected chi connectivity index (χ0v) is 33.2. The van der Waals surface area contributed by atoms with Gasteiger partial charge in [0.1, 0.15) is 0 Å². The number of nitrogens with zero attached hydrogens (tertiary/aromatic N) is 4. The first-order valence-corrected chi connectivity index (χ1v) is 21.5. The van der Waals surface area contributed by atoms with Gasteiger partial charge in [0, 0.05) is 61.2 Å². The van der Waals surface area contributed by atoms with Crippen molar-refractivity contribution in [1.29, 1.82) is 0 Å². The van der Waals surface area contributed by atoms with E-state index in [1.165, 1.54) is 25.7 Å². The van der Waals surface area contributed by atoms with Crippen molar-refractivity contribution in [3.05, 3.63) is 72.1 Å². The molecule has 10 atom stereocenters. The van der Waals surface area contributed by atoms with Gasteiger partial charge in [-0.1, -0.05) is 63.8 Å². The van der Waals surface area contributed by atoms with Gasteiger partial charge in [0.05, 0.1) is 34.6 Å². The van der Waals surface area contributed by atoms with E-state index in [1.54, 1.807) is 12.4 Å². The number of carbonyl (C=O) groups is 2. The van der Waals surface area contributed by atoms with Gasteiger partial charge < -0.3 is 20.8 Å². The van der Waals surface area contributed by atoms with E-state index < -0.39 is 12.2 Å². The maximum absolute atomic E-state index is 13.1. The number of unbranched alkanes of at least 4 members (excludes halogenated alkanes) is 3. The van der Waals surface area contributed by atoms with Gasteiger partial charge in [0.15, 0.2) is 0 Å². The number of hydrogen-bond acceptors (Lipinski definition) is 8. The number of rotatable bonds is 15. The number of aliphatic hydroxyl groups excluding tert-OH is 2. The summed E-state index contributed by atoms with van der Waals surface area (Å²) in [4.78, 5) is 40.3. The number of fused-ring (bicyclic) bond motifs is 8. The lowest BCUT2D eigenvalue weighted by atomic mass is 9.72. The summed E-state index contributed by atoms with van der Waals surface area (Å²) in [7, 11) is 0. The summed E-state index contributed by atoms with van der Waals surface area (Å²) < 4.78 is 0. The molecule has 10 heteroatoms. The van der Waals surface area contributed by atoms with Gasteiger partial charge in [0.2, 0.25) is 11.8 Å². The molecule has 6 aliphatic heterocycles. The summed E-state index contributed by atoms with van der Waals surface area (Å²) in [6.07, 6.45) is 13.1. The Labute approximate surface area is 331 Å². The Bertz CT molecular complexity index is 1880. The van der Waals surface area contributed by atoms with Crippen molar-refractivity contribution in [1.82, 2.24) is 19.8 Å². The molecule has 0 aliphatic carbocycles. The van der Waals surface area contributed by atoms with Crippen LogP contribution in [0.3, 0.4) is 0 Å². The van der Waals surface area contributed by atoms with Crippen LogP contribution in [-0.2, 0) is 9.59 Å². The maximum atomic E-state index is 13.1. The van der Waals surface area contributed by atoms with Gasteiger partial charge in [-0.3, -0.25) is 29.4 Å². The summed E-state index contributed by atoms with van der Waals surface area (Å²) in [6.45, 7) is 8.79. The first kappa shape index (κ1) is 38.9. The molecule has 4 N–H and O–H groups in total. The number of piperidine rings is 6. The molecule has 10 nitrogen and oxygen atoms in total. The number of para-hydroxylation sites is 2. The van der Waals surface area contributed by atoms with Crippen LogP contribution in [0.4, 0.5) is 11.4 Å². The molecule has 298 valence electrons. The number of pyridine rings is 2. The van der Waals surface area contributed by atoms with Crippen LogP contribution in [0.25, 0.3) is 21.8 Å². The van der Waals surface area contributed by atoms with E-state index in [0.29, 0.717) is 47.1 Å². The molecule has 56 heavy (non-hydrogen) atoms. The summed E-state index contributed by atoms with van der Waals surface area (Å²) in [5, 5.41) is 31.2. The average Bonchev–Trinajstić information content (AvgIpc) is 3.24. The normalized spacial score (nSPS) is 28.0. The second-order valence-electron chi connectivity index (χ2n) is 17.1. The number of anilines is 2. The van der Waals surface area contributed by atoms with E-state index in [-0.39, 0.29) is 23.9 Å². The summed E-state index contributed by atoms with van der Waals surface area (Å²) in [6, 6.07) is 15.7. The van der Waals surface area contributed by atoms with E-state index >= 15 is 0 Å². The summed E-state index contributed by atoms with van der Waals surface area (Å²) in [5.41, 5.74) is 4.51. The molecular formula is C46H60N6O4. The highest BCUT2D eigenvalue weighted by Crippen LogP contribution is 2.44. The number of aliphatic hydroxyl groups is 2. The molecule has 0 spiro atoms. The van der Waals surface area contributed by atoms with Crippen molar-refractivity contribution in [2.75, 3.05) is 36.8 Å². The van der Waals surface area contributed by atoms with E-state index in [1.807, 2.05) is 48.5 Å². The lowest BCUT2D eigenvalue weighted by Gasteiger charge is -2.51. The summed E-state index contributed by atoms with van der Waals surface area (Å²) >= 11 is 0. The zero-order valence-electron chi connectivity index (χ0n) is 33.2. The second-order valence-corrected chi connectivity index (χ2v) is 17.1. The predicted octanol–water partition coefficient (Wildman–Crippen LogP) is 8.01. The van der Waals surface area contributed by atoms with Crippen molar-refractivity contribution >= 4 is 45.0 Å². The Morgan fingerprint density at radius 1 is 0.679 bits per heavy atom. The van der Waals surface area contributed by atoms with E-state index in [0.717, 1.165) is 98.4 Å². The van der Waals surface area contributed by atoms with Crippen LogP contribution in [0.15, 0.2) is 60.9 Å². The van der Waals surface area contributed by atoms with Gasteiger partial charge in [0.25, 0.3) is 0 Å². The number of aromatic nitrogens is 2. The molecule has 2 amide bonds.